The van der Waals surface area contributed by atoms with Crippen LogP contribution in [0, 0.1) is 5.41 Å². The molecule has 2 nitrogen and oxygen atoms in total. The van der Waals surface area contributed by atoms with Gasteiger partial charge in [-0.05, 0) is 21.9 Å². The number of rotatable bonds is 0. The van der Waals surface area contributed by atoms with Gasteiger partial charge in [0.25, 0.3) is 0 Å². The molecular formula is C17H20O2. The van der Waals surface area contributed by atoms with Crippen molar-refractivity contribution in [2.75, 3.05) is 0 Å². The first-order chi connectivity index (χ1) is 9.05. The summed E-state index contributed by atoms with van der Waals surface area (Å²) >= 11 is 0. The van der Waals surface area contributed by atoms with Gasteiger partial charge in [0.05, 0.1) is 13.2 Å². The largest absolute Gasteiger partial charge is 0.347 e. The Morgan fingerprint density at radius 3 is 1.89 bits per heavy atom. The molecule has 19 heavy (non-hydrogen) atoms. The summed E-state index contributed by atoms with van der Waals surface area (Å²) in [4.78, 5) is 0. The topological polar surface area (TPSA) is 18.5 Å². The van der Waals surface area contributed by atoms with Gasteiger partial charge in [-0.15, -0.1) is 0 Å². The van der Waals surface area contributed by atoms with Gasteiger partial charge in [0, 0.05) is 5.41 Å². The Kier molecular flexibility index (Phi) is 3.08. The van der Waals surface area contributed by atoms with Crippen LogP contribution in [-0.2, 0) is 22.7 Å². The van der Waals surface area contributed by atoms with Gasteiger partial charge in [-0.1, -0.05) is 57.2 Å². The van der Waals surface area contributed by atoms with E-state index in [4.69, 9.17) is 9.47 Å². The number of benzene rings is 2. The van der Waals surface area contributed by atoms with Crippen LogP contribution in [-0.4, -0.2) is 6.29 Å². The molecule has 2 aromatic carbocycles. The van der Waals surface area contributed by atoms with Crippen LogP contribution in [0.1, 0.15) is 31.9 Å². The zero-order chi connectivity index (χ0) is 13.5. The molecule has 0 N–H and O–H groups in total. The molecule has 0 saturated carbocycles. The lowest BCUT2D eigenvalue weighted by Gasteiger charge is -2.32. The van der Waals surface area contributed by atoms with Crippen molar-refractivity contribution in [2.45, 2.75) is 40.3 Å². The van der Waals surface area contributed by atoms with Gasteiger partial charge in [-0.3, -0.25) is 0 Å². The van der Waals surface area contributed by atoms with Crippen molar-refractivity contribution in [2.24, 2.45) is 5.41 Å². The molecular weight excluding hydrogens is 236 g/mol. The molecule has 0 bridgehead atoms. The van der Waals surface area contributed by atoms with Crippen molar-refractivity contribution in [1.82, 2.24) is 0 Å². The molecule has 100 valence electrons. The molecule has 1 heterocycles. The minimum Gasteiger partial charge on any atom is -0.347 e. The third-order valence-corrected chi connectivity index (χ3v) is 3.56. The van der Waals surface area contributed by atoms with Crippen LogP contribution in [0.25, 0.3) is 10.8 Å². The predicted octanol–water partition coefficient (Wildman–Crippen LogP) is 4.26. The number of hydrogen-bond donors (Lipinski definition) is 0. The molecule has 1 aliphatic rings. The van der Waals surface area contributed by atoms with Crippen LogP contribution in [0.15, 0.2) is 36.4 Å². The van der Waals surface area contributed by atoms with Gasteiger partial charge in [0.2, 0.25) is 0 Å². The fraction of sp³-hybridized carbons (Fsp3) is 0.412. The lowest BCUT2D eigenvalue weighted by Crippen LogP contribution is -2.32. The highest BCUT2D eigenvalue weighted by Gasteiger charge is 2.28. The first-order valence-corrected chi connectivity index (χ1v) is 6.78. The minimum absolute atomic E-state index is 0.0137. The van der Waals surface area contributed by atoms with E-state index >= 15 is 0 Å². The molecule has 3 rings (SSSR count). The molecule has 0 amide bonds. The van der Waals surface area contributed by atoms with Crippen LogP contribution >= 0.6 is 0 Å². The first kappa shape index (κ1) is 12.6. The van der Waals surface area contributed by atoms with E-state index in [1.807, 2.05) is 0 Å². The molecule has 0 aromatic heterocycles. The maximum absolute atomic E-state index is 5.97. The summed E-state index contributed by atoms with van der Waals surface area (Å²) in [6.07, 6.45) is -0.170. The normalized spacial score (nSPS) is 17.2. The number of ether oxygens (including phenoxy) is 2. The Morgan fingerprint density at radius 2 is 1.42 bits per heavy atom. The second-order valence-corrected chi connectivity index (χ2v) is 6.25. The fourth-order valence-corrected chi connectivity index (χ4v) is 2.62. The van der Waals surface area contributed by atoms with Crippen molar-refractivity contribution >= 4 is 10.8 Å². The van der Waals surface area contributed by atoms with E-state index in [0.29, 0.717) is 13.2 Å². The second-order valence-electron chi connectivity index (χ2n) is 6.25. The molecule has 0 spiro atoms. The van der Waals surface area contributed by atoms with E-state index in [0.717, 1.165) is 0 Å². The average molecular weight is 256 g/mol. The molecule has 0 saturated heterocycles. The Bertz CT molecular complexity index is 553. The smallest absolute Gasteiger partial charge is 0.163 e. The van der Waals surface area contributed by atoms with E-state index in [1.165, 1.54) is 21.9 Å². The molecule has 0 aliphatic carbocycles. The molecule has 0 fully saturated rings. The summed E-state index contributed by atoms with van der Waals surface area (Å²) in [5.74, 6) is 0. The minimum atomic E-state index is -0.170. The van der Waals surface area contributed by atoms with Crippen molar-refractivity contribution in [1.29, 1.82) is 0 Å². The van der Waals surface area contributed by atoms with Crippen molar-refractivity contribution in [3.8, 4) is 0 Å². The molecule has 0 radical (unpaired) electrons. The summed E-state index contributed by atoms with van der Waals surface area (Å²) < 4.78 is 11.9. The fourth-order valence-electron chi connectivity index (χ4n) is 2.62. The van der Waals surface area contributed by atoms with E-state index in [2.05, 4.69) is 57.2 Å². The van der Waals surface area contributed by atoms with E-state index in [1.54, 1.807) is 0 Å². The Morgan fingerprint density at radius 1 is 0.895 bits per heavy atom. The maximum atomic E-state index is 5.97. The quantitative estimate of drug-likeness (QED) is 0.701. The van der Waals surface area contributed by atoms with Crippen molar-refractivity contribution in [3.05, 3.63) is 47.5 Å². The van der Waals surface area contributed by atoms with Gasteiger partial charge < -0.3 is 9.47 Å². The highest BCUT2D eigenvalue weighted by molar-refractivity contribution is 5.88. The van der Waals surface area contributed by atoms with Gasteiger partial charge in [0.1, 0.15) is 0 Å². The highest BCUT2D eigenvalue weighted by Crippen LogP contribution is 2.31. The van der Waals surface area contributed by atoms with Crippen LogP contribution in [0.5, 0.6) is 0 Å². The van der Waals surface area contributed by atoms with E-state index < -0.39 is 0 Å². The third kappa shape index (κ3) is 2.38. The summed E-state index contributed by atoms with van der Waals surface area (Å²) in [5.41, 5.74) is 2.50. The van der Waals surface area contributed by atoms with Crippen LogP contribution in [0.3, 0.4) is 0 Å². The molecule has 0 unspecified atom stereocenters. The summed E-state index contributed by atoms with van der Waals surface area (Å²) in [7, 11) is 0. The van der Waals surface area contributed by atoms with E-state index in [9.17, 15) is 0 Å². The van der Waals surface area contributed by atoms with Crippen LogP contribution in [0.2, 0.25) is 0 Å². The van der Waals surface area contributed by atoms with Crippen LogP contribution in [0.4, 0.5) is 0 Å². The molecule has 1 aliphatic heterocycles. The zero-order valence-electron chi connectivity index (χ0n) is 11.8. The van der Waals surface area contributed by atoms with Gasteiger partial charge >= 0.3 is 0 Å². The third-order valence-electron chi connectivity index (χ3n) is 3.56. The summed E-state index contributed by atoms with van der Waals surface area (Å²) in [5, 5.41) is 2.55. The number of hydrogen-bond acceptors (Lipinski definition) is 2. The Hall–Kier alpha value is -1.38. The van der Waals surface area contributed by atoms with Gasteiger partial charge in [-0.25, -0.2) is 0 Å². The second kappa shape index (κ2) is 4.62. The van der Waals surface area contributed by atoms with Gasteiger partial charge in [0.15, 0.2) is 6.29 Å². The first-order valence-electron chi connectivity index (χ1n) is 6.78. The average Bonchev–Trinajstić information content (AvgIpc) is 2.34. The van der Waals surface area contributed by atoms with Crippen LogP contribution < -0.4 is 0 Å². The van der Waals surface area contributed by atoms with Crippen molar-refractivity contribution < 1.29 is 9.47 Å². The lowest BCUT2D eigenvalue weighted by molar-refractivity contribution is -0.207. The molecule has 2 aromatic rings. The highest BCUT2D eigenvalue weighted by atomic mass is 16.7. The maximum Gasteiger partial charge on any atom is 0.163 e. The SMILES string of the molecule is CC(C)(C)C1OCc2cccc3cccc(c23)CO1. The summed E-state index contributed by atoms with van der Waals surface area (Å²) in [6, 6.07) is 12.8. The molecule has 0 atom stereocenters. The predicted molar refractivity (Wildman–Crippen MR) is 76.8 cm³/mol. The van der Waals surface area contributed by atoms with Crippen molar-refractivity contribution in [3.63, 3.8) is 0 Å². The standard InChI is InChI=1S/C17H20O2/c1-17(2,3)16-18-10-13-8-4-6-12-7-5-9-14(11-19-16)15(12)13/h4-9,16H,10-11H2,1-3H3. The van der Waals surface area contributed by atoms with E-state index in [-0.39, 0.29) is 11.7 Å². The van der Waals surface area contributed by atoms with Gasteiger partial charge in [-0.2, -0.15) is 0 Å². The molecule has 2 heteroatoms. The Labute approximate surface area is 114 Å². The lowest BCUT2D eigenvalue weighted by atomic mass is 9.95. The zero-order valence-corrected chi connectivity index (χ0v) is 11.8. The summed E-state index contributed by atoms with van der Waals surface area (Å²) in [6.45, 7) is 7.65. The Balaban J connectivity index is 2.05. The monoisotopic (exact) mass is 256 g/mol.